The van der Waals surface area contributed by atoms with E-state index in [1.165, 1.54) is 45.3 Å². The highest BCUT2D eigenvalue weighted by molar-refractivity contribution is 4.84. The highest BCUT2D eigenvalue weighted by Gasteiger charge is 2.25. The zero-order valence-corrected chi connectivity index (χ0v) is 9.63. The molecule has 2 nitrogen and oxygen atoms in total. The van der Waals surface area contributed by atoms with Crippen molar-refractivity contribution in [3.8, 4) is 0 Å². The summed E-state index contributed by atoms with van der Waals surface area (Å²) in [5.41, 5.74) is 0. The van der Waals surface area contributed by atoms with E-state index in [0.717, 1.165) is 17.9 Å². The third-order valence-electron chi connectivity index (χ3n) is 3.97. The highest BCUT2D eigenvalue weighted by Crippen LogP contribution is 2.29. The Hall–Kier alpha value is -0.0800. The fraction of sp³-hybridized carbons (Fsp3) is 1.00. The summed E-state index contributed by atoms with van der Waals surface area (Å²) in [5, 5.41) is 3.35. The number of nitrogens with zero attached hydrogens (tertiary/aromatic N) is 1. The highest BCUT2D eigenvalue weighted by atomic mass is 15.2. The minimum absolute atomic E-state index is 0.826. The molecule has 1 saturated carbocycles. The van der Waals surface area contributed by atoms with Crippen molar-refractivity contribution in [1.82, 2.24) is 10.2 Å². The van der Waals surface area contributed by atoms with Crippen LogP contribution in [-0.2, 0) is 0 Å². The van der Waals surface area contributed by atoms with Crippen molar-refractivity contribution < 1.29 is 0 Å². The Labute approximate surface area is 88.1 Å². The molecular weight excluding hydrogens is 172 g/mol. The third kappa shape index (κ3) is 2.48. The summed E-state index contributed by atoms with van der Waals surface area (Å²) in [6.45, 7) is 6.16. The van der Waals surface area contributed by atoms with Crippen molar-refractivity contribution in [2.24, 2.45) is 11.8 Å². The molecule has 0 spiro atoms. The minimum atomic E-state index is 0.826. The van der Waals surface area contributed by atoms with Crippen LogP contribution in [0.4, 0.5) is 0 Å². The maximum absolute atomic E-state index is 3.35. The van der Waals surface area contributed by atoms with Crippen LogP contribution in [0.25, 0.3) is 0 Å². The van der Waals surface area contributed by atoms with E-state index < -0.39 is 0 Å². The van der Waals surface area contributed by atoms with Crippen molar-refractivity contribution in [2.75, 3.05) is 26.7 Å². The van der Waals surface area contributed by atoms with Gasteiger partial charge in [0.2, 0.25) is 0 Å². The second-order valence-electron chi connectivity index (χ2n) is 5.39. The zero-order chi connectivity index (χ0) is 9.97. The molecule has 0 radical (unpaired) electrons. The second kappa shape index (κ2) is 4.63. The molecule has 2 unspecified atom stereocenters. The molecule has 82 valence electrons. The first-order valence-electron chi connectivity index (χ1n) is 6.16. The molecule has 0 aromatic rings. The second-order valence-corrected chi connectivity index (χ2v) is 5.39. The molecule has 0 bridgehead atoms. The van der Waals surface area contributed by atoms with Gasteiger partial charge in [-0.25, -0.2) is 0 Å². The Morgan fingerprint density at radius 2 is 2.07 bits per heavy atom. The smallest absolute Gasteiger partial charge is 0.0342 e. The van der Waals surface area contributed by atoms with E-state index >= 15 is 0 Å². The van der Waals surface area contributed by atoms with Crippen molar-refractivity contribution in [1.29, 1.82) is 0 Å². The van der Waals surface area contributed by atoms with Crippen LogP contribution in [0.1, 0.15) is 32.6 Å². The fourth-order valence-electron chi connectivity index (χ4n) is 2.87. The van der Waals surface area contributed by atoms with Gasteiger partial charge in [-0.15, -0.1) is 0 Å². The van der Waals surface area contributed by atoms with Crippen LogP contribution >= 0.6 is 0 Å². The van der Waals surface area contributed by atoms with E-state index in [4.69, 9.17) is 0 Å². The predicted octanol–water partition coefficient (Wildman–Crippen LogP) is 1.72. The summed E-state index contributed by atoms with van der Waals surface area (Å²) < 4.78 is 0. The van der Waals surface area contributed by atoms with Crippen LogP contribution in [0.2, 0.25) is 0 Å². The topological polar surface area (TPSA) is 15.3 Å². The molecule has 2 rings (SSSR count). The standard InChI is InChI=1S/C12H24N2/c1-10-4-3-5-11(6-10)9-14(2)12-7-13-8-12/h10-13H,3-9H2,1-2H3. The van der Waals surface area contributed by atoms with Gasteiger partial charge < -0.3 is 10.2 Å². The molecule has 1 aliphatic carbocycles. The van der Waals surface area contributed by atoms with E-state index in [2.05, 4.69) is 24.2 Å². The number of hydrogen-bond donors (Lipinski definition) is 1. The zero-order valence-electron chi connectivity index (χ0n) is 9.63. The molecule has 0 aromatic heterocycles. The molecule has 2 aliphatic rings. The van der Waals surface area contributed by atoms with Crippen LogP contribution < -0.4 is 5.32 Å². The number of nitrogens with one attached hydrogen (secondary N) is 1. The molecule has 1 heterocycles. The van der Waals surface area contributed by atoms with Crippen LogP contribution in [0.15, 0.2) is 0 Å². The van der Waals surface area contributed by atoms with Crippen molar-refractivity contribution in [2.45, 2.75) is 38.6 Å². The predicted molar refractivity (Wildman–Crippen MR) is 60.4 cm³/mol. The van der Waals surface area contributed by atoms with Crippen molar-refractivity contribution in [3.05, 3.63) is 0 Å². The van der Waals surface area contributed by atoms with E-state index in [1.807, 2.05) is 0 Å². The van der Waals surface area contributed by atoms with E-state index in [9.17, 15) is 0 Å². The molecule has 2 atom stereocenters. The van der Waals surface area contributed by atoms with Gasteiger partial charge in [0.25, 0.3) is 0 Å². The molecule has 14 heavy (non-hydrogen) atoms. The van der Waals surface area contributed by atoms with Crippen molar-refractivity contribution >= 4 is 0 Å². The van der Waals surface area contributed by atoms with Gasteiger partial charge in [-0.1, -0.05) is 19.8 Å². The Bertz CT molecular complexity index is 177. The lowest BCUT2D eigenvalue weighted by atomic mass is 9.82. The quantitative estimate of drug-likeness (QED) is 0.739. The Kier molecular flexibility index (Phi) is 3.45. The fourth-order valence-corrected chi connectivity index (χ4v) is 2.87. The van der Waals surface area contributed by atoms with Crippen LogP contribution in [0.3, 0.4) is 0 Å². The average molecular weight is 196 g/mol. The molecule has 0 amide bonds. The minimum Gasteiger partial charge on any atom is -0.314 e. The first-order chi connectivity index (χ1) is 6.75. The molecular formula is C12H24N2. The maximum Gasteiger partial charge on any atom is 0.0342 e. The summed E-state index contributed by atoms with van der Waals surface area (Å²) in [6.07, 6.45) is 5.85. The lowest BCUT2D eigenvalue weighted by molar-refractivity contribution is 0.131. The molecule has 1 N–H and O–H groups in total. The normalized spacial score (nSPS) is 34.5. The first kappa shape index (κ1) is 10.4. The summed E-state index contributed by atoms with van der Waals surface area (Å²) in [7, 11) is 2.30. The summed E-state index contributed by atoms with van der Waals surface area (Å²) in [5.74, 6) is 1.95. The molecule has 2 heteroatoms. The van der Waals surface area contributed by atoms with Gasteiger partial charge in [-0.3, -0.25) is 0 Å². The lowest BCUT2D eigenvalue weighted by Gasteiger charge is -2.39. The summed E-state index contributed by atoms with van der Waals surface area (Å²) >= 11 is 0. The van der Waals surface area contributed by atoms with Gasteiger partial charge in [-0.2, -0.15) is 0 Å². The van der Waals surface area contributed by atoms with Crippen LogP contribution in [0, 0.1) is 11.8 Å². The molecule has 2 fully saturated rings. The van der Waals surface area contributed by atoms with Gasteiger partial charge in [0.15, 0.2) is 0 Å². The van der Waals surface area contributed by atoms with E-state index in [0.29, 0.717) is 0 Å². The number of rotatable bonds is 3. The van der Waals surface area contributed by atoms with Gasteiger partial charge in [0.05, 0.1) is 0 Å². The Morgan fingerprint density at radius 3 is 2.64 bits per heavy atom. The van der Waals surface area contributed by atoms with Gasteiger partial charge in [-0.05, 0) is 31.7 Å². The van der Waals surface area contributed by atoms with Crippen LogP contribution in [-0.4, -0.2) is 37.6 Å². The first-order valence-corrected chi connectivity index (χ1v) is 6.16. The largest absolute Gasteiger partial charge is 0.314 e. The Balaban J connectivity index is 1.72. The van der Waals surface area contributed by atoms with Gasteiger partial charge in [0, 0.05) is 25.7 Å². The summed E-state index contributed by atoms with van der Waals surface area (Å²) in [4.78, 5) is 2.57. The maximum atomic E-state index is 3.35. The molecule has 1 aliphatic heterocycles. The third-order valence-corrected chi connectivity index (χ3v) is 3.97. The number of likely N-dealkylation sites (N-methyl/N-ethyl adjacent to an activating group) is 1. The number of hydrogen-bond acceptors (Lipinski definition) is 2. The Morgan fingerprint density at radius 1 is 1.29 bits per heavy atom. The van der Waals surface area contributed by atoms with Gasteiger partial charge >= 0.3 is 0 Å². The van der Waals surface area contributed by atoms with Gasteiger partial charge in [0.1, 0.15) is 0 Å². The SMILES string of the molecule is CC1CCCC(CN(C)C2CNC2)C1. The molecule has 0 aromatic carbocycles. The average Bonchev–Trinajstić information content (AvgIpc) is 1.99. The molecule has 1 saturated heterocycles. The monoisotopic (exact) mass is 196 g/mol. The van der Waals surface area contributed by atoms with Crippen molar-refractivity contribution in [3.63, 3.8) is 0 Å². The lowest BCUT2D eigenvalue weighted by Crippen LogP contribution is -2.56. The summed E-state index contributed by atoms with van der Waals surface area (Å²) in [6, 6.07) is 0.826. The van der Waals surface area contributed by atoms with E-state index in [1.54, 1.807) is 0 Å². The van der Waals surface area contributed by atoms with Crippen LogP contribution in [0.5, 0.6) is 0 Å². The van der Waals surface area contributed by atoms with E-state index in [-0.39, 0.29) is 0 Å².